The number of aromatic nitrogens is 2. The second kappa shape index (κ2) is 12.7. The van der Waals surface area contributed by atoms with E-state index in [1.807, 2.05) is 58.2 Å². The molecule has 1 aliphatic heterocycles. The molecule has 0 saturated carbocycles. The van der Waals surface area contributed by atoms with Crippen LogP contribution >= 0.6 is 15.2 Å². The Morgan fingerprint density at radius 1 is 0.511 bits per heavy atom. The van der Waals surface area contributed by atoms with E-state index in [2.05, 4.69) is 36.4 Å². The minimum absolute atomic E-state index is 0.262. The van der Waals surface area contributed by atoms with Gasteiger partial charge in [-0.05, 0) is 22.3 Å². The van der Waals surface area contributed by atoms with E-state index in [0.717, 1.165) is 44.1 Å². The Kier molecular flexibility index (Phi) is 8.71. The standard InChI is InChI=1S/C33H30N4O6P2/c38-44(39,40)21-26-5-1-24(2-6-26)19-36-15-11-28(12-16-36)30-9-10-31(33-32(30)34-23-35-33)29-13-17-37(18-14-29)20-25-3-7-27(8-4-25)22-45(41,42)43/h1-18H,19-23H2,(H2-2,38,39,40,41,42,43)/p+2. The van der Waals surface area contributed by atoms with Crippen LogP contribution in [0, 0.1) is 0 Å². The van der Waals surface area contributed by atoms with Crippen molar-refractivity contribution in [3.63, 3.8) is 0 Å². The third-order valence-electron chi connectivity index (χ3n) is 7.57. The van der Waals surface area contributed by atoms with E-state index in [9.17, 15) is 28.7 Å². The van der Waals surface area contributed by atoms with Crippen molar-refractivity contribution in [1.82, 2.24) is 0 Å². The van der Waals surface area contributed by atoms with Gasteiger partial charge in [0.05, 0.1) is 23.0 Å². The molecule has 0 radical (unpaired) electrons. The van der Waals surface area contributed by atoms with Gasteiger partial charge in [0.15, 0.2) is 37.9 Å². The van der Waals surface area contributed by atoms with Crippen LogP contribution in [-0.2, 0) is 34.5 Å². The first kappa shape index (κ1) is 30.9. The Morgan fingerprint density at radius 2 is 0.844 bits per heavy atom. The summed E-state index contributed by atoms with van der Waals surface area (Å²) < 4.78 is 26.6. The Bertz CT molecular complexity index is 1910. The van der Waals surface area contributed by atoms with Gasteiger partial charge < -0.3 is 19.6 Å². The van der Waals surface area contributed by atoms with Crippen LogP contribution in [0.4, 0.5) is 0 Å². The molecule has 0 spiro atoms. The second-order valence-electron chi connectivity index (χ2n) is 11.1. The SMILES string of the molecule is O=P(O)(O)Cc1ccc(C[n+]2ccc(-c3ccc(-c4cc[n+](Cc5ccc(CP(=O)(O)O)cc5)cc4)c4c3=NCN=4)cc2)cc1. The maximum Gasteiger partial charge on any atom is 0.329 e. The number of nitrogens with zero attached hydrogens (tertiary/aromatic N) is 4. The molecule has 4 N–H and O–H groups in total. The molecule has 6 rings (SSSR count). The van der Waals surface area contributed by atoms with Crippen LogP contribution in [0.5, 0.6) is 0 Å². The first-order valence-electron chi connectivity index (χ1n) is 14.2. The maximum absolute atomic E-state index is 11.3. The molecule has 228 valence electrons. The third-order valence-corrected chi connectivity index (χ3v) is 9.12. The summed E-state index contributed by atoms with van der Waals surface area (Å²) in [6, 6.07) is 26.9. The van der Waals surface area contributed by atoms with Gasteiger partial charge in [0.1, 0.15) is 6.67 Å². The van der Waals surface area contributed by atoms with Gasteiger partial charge in [-0.25, -0.2) is 9.13 Å². The van der Waals surface area contributed by atoms with Crippen LogP contribution in [0.2, 0.25) is 0 Å². The molecular formula is C33H32N4O6P2+2. The number of hydrogen-bond donors (Lipinski definition) is 4. The first-order valence-corrected chi connectivity index (χ1v) is 17.8. The average molecular weight is 643 g/mol. The monoisotopic (exact) mass is 642 g/mol. The lowest BCUT2D eigenvalue weighted by atomic mass is 9.99. The Morgan fingerprint density at radius 3 is 1.18 bits per heavy atom. The number of rotatable bonds is 10. The largest absolute Gasteiger partial charge is 0.329 e. The third kappa shape index (κ3) is 7.93. The summed E-state index contributed by atoms with van der Waals surface area (Å²) in [5.74, 6) is 0. The van der Waals surface area contributed by atoms with Crippen molar-refractivity contribution in [2.45, 2.75) is 25.4 Å². The fourth-order valence-electron chi connectivity index (χ4n) is 5.42. The van der Waals surface area contributed by atoms with Gasteiger partial charge in [0.25, 0.3) is 0 Å². The number of pyridine rings is 2. The molecule has 10 nitrogen and oxygen atoms in total. The fourth-order valence-corrected chi connectivity index (χ4v) is 6.80. The highest BCUT2D eigenvalue weighted by atomic mass is 31.2. The predicted octanol–water partition coefficient (Wildman–Crippen LogP) is 3.26. The summed E-state index contributed by atoms with van der Waals surface area (Å²) >= 11 is 0. The highest BCUT2D eigenvalue weighted by Gasteiger charge is 2.17. The van der Waals surface area contributed by atoms with Crippen LogP contribution in [0.3, 0.4) is 0 Å². The molecule has 3 heterocycles. The molecule has 0 aliphatic carbocycles. The van der Waals surface area contributed by atoms with Crippen molar-refractivity contribution in [2.24, 2.45) is 9.98 Å². The van der Waals surface area contributed by atoms with Gasteiger partial charge in [-0.15, -0.1) is 0 Å². The van der Waals surface area contributed by atoms with Gasteiger partial charge in [0.2, 0.25) is 0 Å². The molecule has 1 aliphatic rings. The van der Waals surface area contributed by atoms with Gasteiger partial charge in [0, 0.05) is 46.5 Å². The molecule has 0 saturated heterocycles. The number of benzene rings is 3. The van der Waals surface area contributed by atoms with E-state index < -0.39 is 15.2 Å². The van der Waals surface area contributed by atoms with E-state index in [1.54, 1.807) is 24.3 Å². The zero-order chi connectivity index (χ0) is 31.6. The minimum Gasteiger partial charge on any atom is -0.324 e. The van der Waals surface area contributed by atoms with Crippen molar-refractivity contribution < 1.29 is 37.8 Å². The van der Waals surface area contributed by atoms with Crippen LogP contribution in [0.1, 0.15) is 22.3 Å². The highest BCUT2D eigenvalue weighted by Crippen LogP contribution is 2.39. The molecule has 2 aromatic heterocycles. The van der Waals surface area contributed by atoms with Gasteiger partial charge in [-0.3, -0.25) is 19.1 Å². The van der Waals surface area contributed by atoms with Crippen molar-refractivity contribution in [3.05, 3.63) is 143 Å². The van der Waals surface area contributed by atoms with E-state index in [4.69, 9.17) is 9.98 Å². The molecule has 12 heteroatoms. The maximum atomic E-state index is 11.3. The highest BCUT2D eigenvalue weighted by molar-refractivity contribution is 7.51. The number of hydrogen-bond acceptors (Lipinski definition) is 4. The minimum atomic E-state index is -4.09. The molecule has 3 aromatic carbocycles. The Balaban J connectivity index is 1.15. The van der Waals surface area contributed by atoms with Crippen LogP contribution in [0.25, 0.3) is 22.3 Å². The van der Waals surface area contributed by atoms with E-state index in [0.29, 0.717) is 30.9 Å². The zero-order valence-electron chi connectivity index (χ0n) is 24.2. The fraction of sp³-hybridized carbons (Fsp3) is 0.152. The topological polar surface area (TPSA) is 148 Å². The zero-order valence-corrected chi connectivity index (χ0v) is 26.0. The van der Waals surface area contributed by atoms with Crippen LogP contribution in [0.15, 0.2) is 120 Å². The molecule has 5 aromatic rings. The lowest BCUT2D eigenvalue weighted by Gasteiger charge is -2.07. The average Bonchev–Trinajstić information content (AvgIpc) is 3.49. The van der Waals surface area contributed by atoms with Crippen LogP contribution < -0.4 is 19.8 Å². The summed E-state index contributed by atoms with van der Waals surface area (Å²) in [5.41, 5.74) is 7.37. The quantitative estimate of drug-likeness (QED) is 0.136. The second-order valence-corrected chi connectivity index (χ2v) is 14.4. The van der Waals surface area contributed by atoms with Crippen molar-refractivity contribution in [3.8, 4) is 22.3 Å². The lowest BCUT2D eigenvalue weighted by Crippen LogP contribution is -2.33. The number of fused-ring (bicyclic) bond motifs is 1. The van der Waals surface area contributed by atoms with Crippen molar-refractivity contribution in [2.75, 3.05) is 6.67 Å². The smallest absolute Gasteiger partial charge is 0.324 e. The molecule has 0 unspecified atom stereocenters. The lowest BCUT2D eigenvalue weighted by molar-refractivity contribution is -0.688. The van der Waals surface area contributed by atoms with E-state index in [1.165, 1.54) is 0 Å². The summed E-state index contributed by atoms with van der Waals surface area (Å²) in [7, 11) is -8.18. The van der Waals surface area contributed by atoms with Gasteiger partial charge in [-0.1, -0.05) is 60.7 Å². The first-order chi connectivity index (χ1) is 21.5. The summed E-state index contributed by atoms with van der Waals surface area (Å²) in [6.07, 6.45) is 7.50. The molecule has 0 bridgehead atoms. The molecule has 0 atom stereocenters. The Hall–Kier alpha value is -4.14. The molecular weight excluding hydrogens is 610 g/mol. The van der Waals surface area contributed by atoms with Gasteiger partial charge >= 0.3 is 15.2 Å². The van der Waals surface area contributed by atoms with Crippen LogP contribution in [-0.4, -0.2) is 26.2 Å². The Labute approximate surface area is 259 Å². The normalized spacial score (nSPS) is 12.8. The molecule has 0 amide bonds. The molecule has 0 fully saturated rings. The molecule has 45 heavy (non-hydrogen) atoms. The summed E-state index contributed by atoms with van der Waals surface area (Å²) in [4.78, 5) is 46.2. The van der Waals surface area contributed by atoms with Crippen molar-refractivity contribution >= 4 is 15.2 Å². The van der Waals surface area contributed by atoms with Crippen molar-refractivity contribution in [1.29, 1.82) is 0 Å². The summed E-state index contributed by atoms with van der Waals surface area (Å²) in [6.45, 7) is 1.64. The summed E-state index contributed by atoms with van der Waals surface area (Å²) in [5, 5.41) is 1.75. The van der Waals surface area contributed by atoms with E-state index in [-0.39, 0.29) is 12.3 Å². The predicted molar refractivity (Wildman–Crippen MR) is 167 cm³/mol. The van der Waals surface area contributed by atoms with E-state index >= 15 is 0 Å². The van der Waals surface area contributed by atoms with Gasteiger partial charge in [-0.2, -0.15) is 0 Å².